The Labute approximate surface area is 123 Å². The van der Waals surface area contributed by atoms with Crippen molar-refractivity contribution in [2.45, 2.75) is 49.5 Å². The number of furan rings is 1. The van der Waals surface area contributed by atoms with Crippen LogP contribution >= 0.6 is 11.8 Å². The lowest BCUT2D eigenvalue weighted by Gasteiger charge is -2.12. The first-order valence-corrected chi connectivity index (χ1v) is 7.85. The molecule has 20 heavy (non-hydrogen) atoms. The fourth-order valence-corrected chi connectivity index (χ4v) is 2.97. The first-order chi connectivity index (χ1) is 9.69. The van der Waals surface area contributed by atoms with E-state index in [1.165, 1.54) is 12.8 Å². The maximum atomic E-state index is 5.36. The summed E-state index contributed by atoms with van der Waals surface area (Å²) in [5.74, 6) is 3.44. The minimum Gasteiger partial charge on any atom is -0.468 e. The molecule has 0 unspecified atom stereocenters. The van der Waals surface area contributed by atoms with Gasteiger partial charge in [0, 0.05) is 18.0 Å². The van der Waals surface area contributed by atoms with E-state index in [0.717, 1.165) is 39.4 Å². The predicted molar refractivity (Wildman–Crippen MR) is 80.5 cm³/mol. The topological polar surface area (TPSA) is 51.0 Å². The van der Waals surface area contributed by atoms with Gasteiger partial charge in [-0.1, -0.05) is 11.8 Å². The normalized spacial score (nSPS) is 14.6. The van der Waals surface area contributed by atoms with E-state index in [1.807, 2.05) is 13.0 Å². The molecular weight excluding hydrogens is 270 g/mol. The zero-order valence-corrected chi connectivity index (χ0v) is 12.9. The summed E-state index contributed by atoms with van der Waals surface area (Å²) in [5, 5.41) is 4.38. The Kier molecular flexibility index (Phi) is 3.70. The molecule has 1 N–H and O–H groups in total. The Morgan fingerprint density at radius 3 is 2.75 bits per heavy atom. The molecule has 0 saturated heterocycles. The van der Waals surface area contributed by atoms with Crippen LogP contribution in [0.2, 0.25) is 0 Å². The van der Waals surface area contributed by atoms with Crippen molar-refractivity contribution >= 4 is 17.6 Å². The number of rotatable bonds is 5. The summed E-state index contributed by atoms with van der Waals surface area (Å²) in [6.07, 6.45) is 4.15. The number of aromatic nitrogens is 2. The summed E-state index contributed by atoms with van der Waals surface area (Å²) in [6, 6.07) is 1.99. The van der Waals surface area contributed by atoms with Crippen LogP contribution in [-0.2, 0) is 0 Å². The molecule has 4 nitrogen and oxygen atoms in total. The molecule has 0 aliphatic heterocycles. The molecule has 0 radical (unpaired) electrons. The molecule has 0 amide bonds. The quantitative estimate of drug-likeness (QED) is 0.838. The lowest BCUT2D eigenvalue weighted by Crippen LogP contribution is -2.07. The van der Waals surface area contributed by atoms with Crippen molar-refractivity contribution < 1.29 is 4.42 Å². The summed E-state index contributed by atoms with van der Waals surface area (Å²) in [5.41, 5.74) is 1.11. The minimum atomic E-state index is 0.554. The van der Waals surface area contributed by atoms with Crippen LogP contribution in [0.25, 0.3) is 0 Å². The van der Waals surface area contributed by atoms with Crippen molar-refractivity contribution in [3.63, 3.8) is 0 Å². The molecule has 1 aliphatic rings. The highest BCUT2D eigenvalue weighted by Crippen LogP contribution is 2.41. The van der Waals surface area contributed by atoms with Gasteiger partial charge >= 0.3 is 0 Å². The van der Waals surface area contributed by atoms with Crippen LogP contribution in [0.4, 0.5) is 5.82 Å². The molecule has 0 spiro atoms. The number of nitrogens with zero attached hydrogens (tertiary/aromatic N) is 2. The van der Waals surface area contributed by atoms with Crippen LogP contribution in [-0.4, -0.2) is 16.5 Å². The summed E-state index contributed by atoms with van der Waals surface area (Å²) < 4.78 is 5.36. The van der Waals surface area contributed by atoms with Gasteiger partial charge in [0.15, 0.2) is 0 Å². The van der Waals surface area contributed by atoms with Crippen molar-refractivity contribution in [1.29, 1.82) is 0 Å². The highest BCUT2D eigenvalue weighted by molar-refractivity contribution is 7.99. The molecule has 2 aromatic heterocycles. The maximum Gasteiger partial charge on any atom is 0.135 e. The molecule has 3 rings (SSSR count). The Morgan fingerprint density at radius 1 is 1.35 bits per heavy atom. The lowest BCUT2D eigenvalue weighted by molar-refractivity contribution is 0.527. The number of hydrogen-bond donors (Lipinski definition) is 1. The molecule has 1 aliphatic carbocycles. The molecule has 0 bridgehead atoms. The highest BCUT2D eigenvalue weighted by Gasteiger charge is 2.28. The monoisotopic (exact) mass is 289 g/mol. The van der Waals surface area contributed by atoms with Gasteiger partial charge in [-0.25, -0.2) is 9.97 Å². The molecule has 1 fully saturated rings. The Bertz CT molecular complexity index is 620. The minimum absolute atomic E-state index is 0.554. The predicted octanol–water partition coefficient (Wildman–Crippen LogP) is 4.15. The zero-order valence-electron chi connectivity index (χ0n) is 12.1. The van der Waals surface area contributed by atoms with Crippen LogP contribution < -0.4 is 5.32 Å². The molecule has 0 aromatic carbocycles. The van der Waals surface area contributed by atoms with Crippen LogP contribution in [0, 0.1) is 13.8 Å². The SMILES string of the molecule is CCNc1nc(C2CC2)nc(Sc2ccoc2C)c1C. The van der Waals surface area contributed by atoms with E-state index in [-0.39, 0.29) is 0 Å². The van der Waals surface area contributed by atoms with Gasteiger partial charge in [-0.05, 0) is 39.7 Å². The fourth-order valence-electron chi connectivity index (χ4n) is 2.06. The average Bonchev–Trinajstić information content (AvgIpc) is 3.20. The van der Waals surface area contributed by atoms with E-state index in [1.54, 1.807) is 18.0 Å². The van der Waals surface area contributed by atoms with Crippen molar-refractivity contribution in [1.82, 2.24) is 9.97 Å². The van der Waals surface area contributed by atoms with E-state index in [9.17, 15) is 0 Å². The molecule has 1 saturated carbocycles. The Morgan fingerprint density at radius 2 is 2.15 bits per heavy atom. The highest BCUT2D eigenvalue weighted by atomic mass is 32.2. The Hall–Kier alpha value is -1.49. The van der Waals surface area contributed by atoms with Crippen LogP contribution in [0.5, 0.6) is 0 Å². The summed E-state index contributed by atoms with van der Waals surface area (Å²) >= 11 is 1.66. The van der Waals surface area contributed by atoms with Gasteiger partial charge in [0.05, 0.1) is 11.2 Å². The molecule has 5 heteroatoms. The van der Waals surface area contributed by atoms with E-state index in [0.29, 0.717) is 5.92 Å². The maximum absolute atomic E-state index is 5.36. The van der Waals surface area contributed by atoms with Crippen molar-refractivity contribution in [2.75, 3.05) is 11.9 Å². The largest absolute Gasteiger partial charge is 0.468 e. The van der Waals surface area contributed by atoms with E-state index in [4.69, 9.17) is 9.40 Å². The second-order valence-corrected chi connectivity index (χ2v) is 6.14. The lowest BCUT2D eigenvalue weighted by atomic mass is 10.3. The Balaban J connectivity index is 1.97. The van der Waals surface area contributed by atoms with E-state index in [2.05, 4.69) is 24.1 Å². The third-order valence-electron chi connectivity index (χ3n) is 3.42. The van der Waals surface area contributed by atoms with E-state index >= 15 is 0 Å². The van der Waals surface area contributed by atoms with Crippen LogP contribution in [0.1, 0.15) is 42.8 Å². The van der Waals surface area contributed by atoms with Gasteiger partial charge in [0.1, 0.15) is 22.4 Å². The molecule has 2 aromatic rings. The van der Waals surface area contributed by atoms with Gasteiger partial charge in [-0.2, -0.15) is 0 Å². The van der Waals surface area contributed by atoms with Crippen molar-refractivity contribution in [3.05, 3.63) is 29.5 Å². The molecule has 106 valence electrons. The zero-order chi connectivity index (χ0) is 14.1. The van der Waals surface area contributed by atoms with Gasteiger partial charge in [0.2, 0.25) is 0 Å². The van der Waals surface area contributed by atoms with Gasteiger partial charge in [-0.3, -0.25) is 0 Å². The van der Waals surface area contributed by atoms with Crippen LogP contribution in [0.3, 0.4) is 0 Å². The number of nitrogens with one attached hydrogen (secondary N) is 1. The third-order valence-corrected chi connectivity index (χ3v) is 4.66. The van der Waals surface area contributed by atoms with E-state index < -0.39 is 0 Å². The molecular formula is C15H19N3OS. The molecule has 0 atom stereocenters. The molecule has 2 heterocycles. The van der Waals surface area contributed by atoms with Gasteiger partial charge < -0.3 is 9.73 Å². The number of aryl methyl sites for hydroxylation is 1. The summed E-state index contributed by atoms with van der Waals surface area (Å²) in [6.45, 7) is 7.01. The van der Waals surface area contributed by atoms with Gasteiger partial charge in [0.25, 0.3) is 0 Å². The summed E-state index contributed by atoms with van der Waals surface area (Å²) in [4.78, 5) is 10.6. The van der Waals surface area contributed by atoms with Crippen LogP contribution in [0.15, 0.2) is 26.7 Å². The first-order valence-electron chi connectivity index (χ1n) is 7.03. The fraction of sp³-hybridized carbons (Fsp3) is 0.467. The number of hydrogen-bond acceptors (Lipinski definition) is 5. The first kappa shape index (κ1) is 13.5. The van der Waals surface area contributed by atoms with Crippen molar-refractivity contribution in [3.8, 4) is 0 Å². The third kappa shape index (κ3) is 2.68. The van der Waals surface area contributed by atoms with Gasteiger partial charge in [-0.15, -0.1) is 0 Å². The summed E-state index contributed by atoms with van der Waals surface area (Å²) in [7, 11) is 0. The average molecular weight is 289 g/mol. The number of anilines is 1. The standard InChI is InChI=1S/C15H19N3OS/c1-4-16-13-9(2)15(18-14(17-13)11-5-6-11)20-12-7-8-19-10(12)3/h7-8,11H,4-6H2,1-3H3,(H,16,17,18). The van der Waals surface area contributed by atoms with Crippen molar-refractivity contribution in [2.24, 2.45) is 0 Å². The second kappa shape index (κ2) is 5.48. The smallest absolute Gasteiger partial charge is 0.135 e. The second-order valence-electron chi connectivity index (χ2n) is 5.11.